The maximum Gasteiger partial charge on any atom is 0.408 e. The molecule has 2 N–H and O–H groups in total. The van der Waals surface area contributed by atoms with Gasteiger partial charge in [-0.05, 0) is 49.6 Å². The molecular weight excluding hydrogens is 446 g/mol. The summed E-state index contributed by atoms with van der Waals surface area (Å²) in [7, 11) is -3.38. The number of rotatable bonds is 8. The maximum absolute atomic E-state index is 12.2. The van der Waals surface area contributed by atoms with Crippen molar-refractivity contribution < 1.29 is 32.6 Å². The lowest BCUT2D eigenvalue weighted by Crippen LogP contribution is -2.36. The van der Waals surface area contributed by atoms with E-state index in [1.165, 1.54) is 12.1 Å². The van der Waals surface area contributed by atoms with Gasteiger partial charge in [-0.15, -0.1) is 0 Å². The Labute approximate surface area is 194 Å². The SMILES string of the molecule is CC(C)(C)OC(=O)NCC(=O)OC/C(=C(\CO)c1ccccc1)c1ccc(S(C)(=O)=O)cc1. The molecule has 9 heteroatoms. The first-order valence-corrected chi connectivity index (χ1v) is 12.1. The Balaban J connectivity index is 2.26. The van der Waals surface area contributed by atoms with Gasteiger partial charge in [0.1, 0.15) is 18.8 Å². The summed E-state index contributed by atoms with van der Waals surface area (Å²) >= 11 is 0. The zero-order valence-electron chi connectivity index (χ0n) is 19.1. The van der Waals surface area contributed by atoms with Gasteiger partial charge in [0.25, 0.3) is 0 Å². The number of hydrogen-bond donors (Lipinski definition) is 2. The van der Waals surface area contributed by atoms with Crippen molar-refractivity contribution in [2.24, 2.45) is 0 Å². The molecule has 0 spiro atoms. The number of esters is 1. The fraction of sp³-hybridized carbons (Fsp3) is 0.333. The average molecular weight is 476 g/mol. The number of carbonyl (C=O) groups excluding carboxylic acids is 2. The molecule has 2 aromatic carbocycles. The van der Waals surface area contributed by atoms with E-state index in [2.05, 4.69) is 5.32 Å². The minimum atomic E-state index is -3.38. The molecule has 8 nitrogen and oxygen atoms in total. The normalized spacial score (nSPS) is 12.5. The van der Waals surface area contributed by atoms with Gasteiger partial charge in [0.2, 0.25) is 0 Å². The van der Waals surface area contributed by atoms with Gasteiger partial charge in [0.15, 0.2) is 9.84 Å². The highest BCUT2D eigenvalue weighted by Gasteiger charge is 2.18. The Kier molecular flexibility index (Phi) is 8.78. The number of benzene rings is 2. The first kappa shape index (κ1) is 26.1. The number of aliphatic hydroxyl groups excluding tert-OH is 1. The van der Waals surface area contributed by atoms with E-state index < -0.39 is 34.0 Å². The van der Waals surface area contributed by atoms with E-state index >= 15 is 0 Å². The van der Waals surface area contributed by atoms with Crippen LogP contribution < -0.4 is 5.32 Å². The van der Waals surface area contributed by atoms with Crippen molar-refractivity contribution in [2.75, 3.05) is 26.0 Å². The number of sulfone groups is 1. The number of carbonyl (C=O) groups is 2. The van der Waals surface area contributed by atoms with Crippen LogP contribution in [0.25, 0.3) is 11.1 Å². The topological polar surface area (TPSA) is 119 Å². The third-order valence-electron chi connectivity index (χ3n) is 4.43. The lowest BCUT2D eigenvalue weighted by molar-refractivity contribution is -0.141. The van der Waals surface area contributed by atoms with Gasteiger partial charge in [-0.3, -0.25) is 4.79 Å². The zero-order valence-corrected chi connectivity index (χ0v) is 19.9. The van der Waals surface area contributed by atoms with Crippen molar-refractivity contribution in [2.45, 2.75) is 31.3 Å². The van der Waals surface area contributed by atoms with Crippen molar-refractivity contribution in [1.82, 2.24) is 5.32 Å². The van der Waals surface area contributed by atoms with E-state index in [-0.39, 0.29) is 18.1 Å². The standard InChI is InChI=1S/C24H29NO7S/c1-24(2,3)32-23(28)25-14-22(27)31-16-21(20(15-26)17-8-6-5-7-9-17)18-10-12-19(13-11-18)33(4,29)30/h5-13,26H,14-16H2,1-4H3,(H,25,28)/b21-20-. The molecule has 178 valence electrons. The van der Waals surface area contributed by atoms with Crippen molar-refractivity contribution >= 4 is 33.0 Å². The van der Waals surface area contributed by atoms with Gasteiger partial charge in [0.05, 0.1) is 11.5 Å². The highest BCUT2D eigenvalue weighted by Crippen LogP contribution is 2.27. The van der Waals surface area contributed by atoms with E-state index in [1.54, 1.807) is 32.9 Å². The monoisotopic (exact) mass is 475 g/mol. The smallest absolute Gasteiger partial charge is 0.408 e. The Morgan fingerprint density at radius 2 is 1.52 bits per heavy atom. The van der Waals surface area contributed by atoms with Gasteiger partial charge < -0.3 is 19.9 Å². The van der Waals surface area contributed by atoms with Crippen molar-refractivity contribution in [1.29, 1.82) is 0 Å². The molecule has 2 rings (SSSR count). The molecule has 33 heavy (non-hydrogen) atoms. The molecule has 0 saturated carbocycles. The Morgan fingerprint density at radius 3 is 2.03 bits per heavy atom. The Morgan fingerprint density at radius 1 is 0.939 bits per heavy atom. The lowest BCUT2D eigenvalue weighted by atomic mass is 9.95. The summed E-state index contributed by atoms with van der Waals surface area (Å²) in [4.78, 5) is 24.1. The fourth-order valence-corrected chi connectivity index (χ4v) is 3.54. The van der Waals surface area contributed by atoms with Crippen LogP contribution in [0.1, 0.15) is 31.9 Å². The number of alkyl carbamates (subject to hydrolysis) is 1. The number of nitrogens with one attached hydrogen (secondary N) is 1. The molecule has 0 aliphatic heterocycles. The quantitative estimate of drug-likeness (QED) is 0.445. The Bertz CT molecular complexity index is 1100. The van der Waals surface area contributed by atoms with Crippen LogP contribution in [-0.2, 0) is 24.1 Å². The highest BCUT2D eigenvalue weighted by molar-refractivity contribution is 7.90. The van der Waals surface area contributed by atoms with Gasteiger partial charge in [-0.1, -0.05) is 42.5 Å². The largest absolute Gasteiger partial charge is 0.459 e. The molecular formula is C24H29NO7S. The van der Waals surface area contributed by atoms with Crippen LogP contribution in [-0.4, -0.2) is 57.2 Å². The second-order valence-corrected chi connectivity index (χ2v) is 10.3. The highest BCUT2D eigenvalue weighted by atomic mass is 32.2. The second-order valence-electron chi connectivity index (χ2n) is 8.29. The molecule has 0 aliphatic rings. The van der Waals surface area contributed by atoms with Crippen molar-refractivity contribution in [3.8, 4) is 0 Å². The van der Waals surface area contributed by atoms with Crippen molar-refractivity contribution in [3.05, 3.63) is 65.7 Å². The summed E-state index contributed by atoms with van der Waals surface area (Å²) in [5.74, 6) is -0.698. The van der Waals surface area contributed by atoms with Gasteiger partial charge >= 0.3 is 12.1 Å². The van der Waals surface area contributed by atoms with Crippen molar-refractivity contribution in [3.63, 3.8) is 0 Å². The second kappa shape index (κ2) is 11.1. The number of hydrogen-bond acceptors (Lipinski definition) is 7. The third-order valence-corrected chi connectivity index (χ3v) is 5.56. The summed E-state index contributed by atoms with van der Waals surface area (Å²) in [6.45, 7) is 4.19. The first-order valence-electron chi connectivity index (χ1n) is 10.2. The molecule has 0 saturated heterocycles. The van der Waals surface area contributed by atoms with E-state index in [9.17, 15) is 23.1 Å². The van der Waals surface area contributed by atoms with E-state index in [4.69, 9.17) is 9.47 Å². The van der Waals surface area contributed by atoms with Crippen LogP contribution in [0.15, 0.2) is 59.5 Å². The molecule has 0 aliphatic carbocycles. The summed E-state index contributed by atoms with van der Waals surface area (Å²) < 4.78 is 34.0. The van der Waals surface area contributed by atoms with Crippen LogP contribution >= 0.6 is 0 Å². The number of amides is 1. The van der Waals surface area contributed by atoms with Crippen LogP contribution in [0.2, 0.25) is 0 Å². The van der Waals surface area contributed by atoms with Crippen LogP contribution in [0, 0.1) is 0 Å². The zero-order chi connectivity index (χ0) is 24.6. The molecule has 0 fully saturated rings. The predicted molar refractivity (Wildman–Crippen MR) is 125 cm³/mol. The van der Waals surface area contributed by atoms with Crippen LogP contribution in [0.5, 0.6) is 0 Å². The average Bonchev–Trinajstić information content (AvgIpc) is 2.74. The number of ether oxygens (including phenoxy) is 2. The molecule has 0 unspecified atom stereocenters. The maximum atomic E-state index is 12.2. The Hall–Kier alpha value is -3.17. The minimum absolute atomic E-state index is 0.148. The summed E-state index contributed by atoms with van der Waals surface area (Å²) in [5.41, 5.74) is 1.64. The molecule has 0 heterocycles. The predicted octanol–water partition coefficient (Wildman–Crippen LogP) is 3.06. The molecule has 2 aromatic rings. The van der Waals surface area contributed by atoms with E-state index in [0.29, 0.717) is 16.7 Å². The van der Waals surface area contributed by atoms with Gasteiger partial charge in [-0.25, -0.2) is 13.2 Å². The third kappa shape index (κ3) is 8.36. The molecule has 0 atom stereocenters. The summed E-state index contributed by atoms with van der Waals surface area (Å²) in [6.07, 6.45) is 0.369. The van der Waals surface area contributed by atoms with E-state index in [0.717, 1.165) is 11.8 Å². The van der Waals surface area contributed by atoms with E-state index in [1.807, 2.05) is 30.3 Å². The lowest BCUT2D eigenvalue weighted by Gasteiger charge is -2.19. The first-order chi connectivity index (χ1) is 15.4. The molecule has 0 bridgehead atoms. The van der Waals surface area contributed by atoms with Crippen LogP contribution in [0.4, 0.5) is 4.79 Å². The molecule has 0 aromatic heterocycles. The summed E-state index contributed by atoms with van der Waals surface area (Å²) in [5, 5.41) is 12.4. The molecule has 1 amide bonds. The van der Waals surface area contributed by atoms with Gasteiger partial charge in [-0.2, -0.15) is 0 Å². The number of aliphatic hydroxyl groups is 1. The molecule has 0 radical (unpaired) electrons. The fourth-order valence-electron chi connectivity index (χ4n) is 2.91. The minimum Gasteiger partial charge on any atom is -0.459 e. The summed E-state index contributed by atoms with van der Waals surface area (Å²) in [6, 6.07) is 15.2. The van der Waals surface area contributed by atoms with Crippen LogP contribution in [0.3, 0.4) is 0 Å². The van der Waals surface area contributed by atoms with Gasteiger partial charge in [0, 0.05) is 11.8 Å².